The number of hydrogen-bond acceptors (Lipinski definition) is 0. The Morgan fingerprint density at radius 3 is 2.08 bits per heavy atom. The molecule has 0 spiro atoms. The molecule has 0 heterocycles. The Labute approximate surface area is 100 Å². The van der Waals surface area contributed by atoms with Gasteiger partial charge in [-0.25, -0.2) is 0 Å². The predicted molar refractivity (Wildman–Crippen MR) is 101 cm³/mol. The van der Waals surface area contributed by atoms with Crippen molar-refractivity contribution in [2.45, 2.75) is 13.3 Å². The maximum Gasteiger partial charge on any atom is 0.114 e. The summed E-state index contributed by atoms with van der Waals surface area (Å²) < 4.78 is 0. The van der Waals surface area contributed by atoms with Crippen LogP contribution in [-0.4, -0.2) is 6.16 Å². The van der Waals surface area contributed by atoms with E-state index in [2.05, 4.69) is 51.6 Å². The van der Waals surface area contributed by atoms with E-state index in [0.29, 0.717) is 0 Å². The van der Waals surface area contributed by atoms with Crippen molar-refractivity contribution in [2.75, 3.05) is 6.16 Å². The van der Waals surface area contributed by atoms with Crippen LogP contribution in [0, 0.1) is 0 Å². The Morgan fingerprint density at radius 2 is 1.77 bits per heavy atom. The van der Waals surface area contributed by atoms with Crippen molar-refractivity contribution in [3.63, 3.8) is 0 Å². The largest absolute Gasteiger partial charge is 0.114 e. The van der Waals surface area contributed by atoms with E-state index in [1.54, 1.807) is 0 Å². The van der Waals surface area contributed by atoms with Gasteiger partial charge < -0.3 is 0 Å². The fourth-order valence-corrected chi connectivity index (χ4v) is 86.2. The van der Waals surface area contributed by atoms with E-state index in [1.165, 1.54) is 12.6 Å². The molecule has 0 rings (SSSR count). The second-order valence-corrected chi connectivity index (χ2v) is 40.1. The minimum Gasteiger partial charge on any atom is -0.109 e. The van der Waals surface area contributed by atoms with E-state index < -0.39 is 6.33 Å². The lowest BCUT2D eigenvalue weighted by Crippen LogP contribution is -1.75. The van der Waals surface area contributed by atoms with Crippen LogP contribution in [-0.2, 0) is 0 Å². The van der Waals surface area contributed by atoms with Gasteiger partial charge in [-0.15, -0.1) is 17.9 Å². The highest BCUT2D eigenvalue weighted by molar-refractivity contribution is 9.16. The Kier molecular flexibility index (Phi) is 12.3. The minimum atomic E-state index is -0.734. The van der Waals surface area contributed by atoms with Gasteiger partial charge in [0, 0.05) is 24.8 Å². The second kappa shape index (κ2) is 9.26. The molecule has 10 heteroatoms. The Hall–Kier alpha value is 4.30. The molecule has 0 N–H and O–H groups in total. The zero-order valence-corrected chi connectivity index (χ0v) is 18.1. The lowest BCUT2D eigenvalue weighted by molar-refractivity contribution is 1.10. The molecule has 13 heavy (non-hydrogen) atoms. The molecule has 0 radical (unpaired) electrons. The molecule has 9 unspecified atom stereocenters. The molecule has 0 aliphatic heterocycles. The van der Waals surface area contributed by atoms with E-state index in [1.807, 2.05) is 0 Å². The average Bonchev–Trinajstić information content (AvgIpc) is 2.04. The third-order valence-corrected chi connectivity index (χ3v) is 61.8. The average molecular weight is 365 g/mol. The van der Waals surface area contributed by atoms with Crippen LogP contribution in [0.25, 0.3) is 0 Å². The predicted octanol–water partition coefficient (Wildman–Crippen LogP) is 6.35. The molecule has 0 saturated carbocycles. The quantitative estimate of drug-likeness (QED) is 0.482. The number of hydrogen-bond donors (Lipinski definition) is 0. The van der Waals surface area contributed by atoms with Gasteiger partial charge in [-0.05, 0) is 14.4 Å². The first-order valence-electron chi connectivity index (χ1n) is 3.72. The molecule has 0 amide bonds. The molecule has 0 nitrogen and oxygen atoms in total. The highest BCUT2D eigenvalue weighted by Gasteiger charge is 2.39. The Bertz CT molecular complexity index is 134. The van der Waals surface area contributed by atoms with Crippen LogP contribution in [0.15, 0.2) is 0 Å². The van der Waals surface area contributed by atoms with Gasteiger partial charge >= 0.3 is 0 Å². The van der Waals surface area contributed by atoms with E-state index >= 15 is 0 Å². The molecule has 0 fully saturated rings. The summed E-state index contributed by atoms with van der Waals surface area (Å²) in [5, 5.41) is 0. The molecular formula is C3H19P10+. The Morgan fingerprint density at radius 1 is 1.23 bits per heavy atom. The van der Waals surface area contributed by atoms with Crippen LogP contribution in [0.3, 0.4) is 0 Å². The van der Waals surface area contributed by atoms with E-state index in [4.69, 9.17) is 0 Å². The molecule has 0 aliphatic carbocycles. The van der Waals surface area contributed by atoms with Crippen molar-refractivity contribution < 1.29 is 0 Å². The second-order valence-electron chi connectivity index (χ2n) is 2.50. The minimum absolute atomic E-state index is 0.230. The summed E-state index contributed by atoms with van der Waals surface area (Å²) in [6.07, 6.45) is 2.03. The Balaban J connectivity index is 4.35. The summed E-state index contributed by atoms with van der Waals surface area (Å²) in [5.41, 5.74) is 0. The van der Waals surface area contributed by atoms with Crippen molar-refractivity contribution >= 4 is 80.9 Å². The van der Waals surface area contributed by atoms with E-state index in [9.17, 15) is 0 Å². The van der Waals surface area contributed by atoms with Gasteiger partial charge in [0.1, 0.15) is 6.99 Å². The zero-order chi connectivity index (χ0) is 10.5. The van der Waals surface area contributed by atoms with Crippen molar-refractivity contribution in [2.24, 2.45) is 0 Å². The monoisotopic (exact) mass is 365 g/mol. The van der Waals surface area contributed by atoms with Crippen LogP contribution in [0.4, 0.5) is 0 Å². The van der Waals surface area contributed by atoms with Gasteiger partial charge in [0.15, 0.2) is 0 Å². The van der Waals surface area contributed by atoms with E-state index in [0.717, 1.165) is 15.9 Å². The first-order chi connectivity index (χ1) is 5.99. The molecule has 9 atom stereocenters. The fourth-order valence-electron chi connectivity index (χ4n) is 0.857. The van der Waals surface area contributed by atoms with Crippen LogP contribution >= 0.6 is 80.9 Å². The third kappa shape index (κ3) is 6.70. The van der Waals surface area contributed by atoms with Crippen molar-refractivity contribution in [1.82, 2.24) is 0 Å². The van der Waals surface area contributed by atoms with Gasteiger partial charge in [-0.3, -0.25) is 0 Å². The summed E-state index contributed by atoms with van der Waals surface area (Å²) in [7, 11) is 17.6. The van der Waals surface area contributed by atoms with Crippen molar-refractivity contribution in [3.05, 3.63) is 0 Å². The molecule has 0 aliphatic rings. The van der Waals surface area contributed by atoms with Crippen LogP contribution < -0.4 is 0 Å². The molecule has 0 saturated heterocycles. The summed E-state index contributed by atoms with van der Waals surface area (Å²) in [4.78, 5) is 0. The molecule has 80 valence electrons. The first kappa shape index (κ1) is 17.3. The van der Waals surface area contributed by atoms with Crippen molar-refractivity contribution in [3.8, 4) is 0 Å². The molecule has 0 aromatic carbocycles. The molecule has 0 bridgehead atoms. The van der Waals surface area contributed by atoms with Crippen LogP contribution in [0.5, 0.6) is 0 Å². The first-order valence-corrected chi connectivity index (χ1v) is 21.9. The lowest BCUT2D eigenvalue weighted by atomic mass is 10.6. The fraction of sp³-hybridized carbons (Fsp3) is 1.00. The van der Waals surface area contributed by atoms with Gasteiger partial charge in [-0.2, -0.15) is 0 Å². The maximum absolute atomic E-state index is 3.19. The normalized spacial score (nSPS) is 18.9. The lowest BCUT2D eigenvalue weighted by Gasteiger charge is -2.29. The van der Waals surface area contributed by atoms with Gasteiger partial charge in [0.05, 0.1) is 12.5 Å². The summed E-state index contributed by atoms with van der Waals surface area (Å²) in [6, 6.07) is 0. The highest BCUT2D eigenvalue weighted by Crippen LogP contribution is 3.14. The van der Waals surface area contributed by atoms with Crippen molar-refractivity contribution in [1.29, 1.82) is 0 Å². The summed E-state index contributed by atoms with van der Waals surface area (Å²) in [6.45, 7) is 2.81. The van der Waals surface area contributed by atoms with Gasteiger partial charge in [0.25, 0.3) is 0 Å². The highest BCUT2D eigenvalue weighted by atomic mass is 33.2. The van der Waals surface area contributed by atoms with E-state index in [-0.39, 0.29) is 14.0 Å². The third-order valence-electron chi connectivity index (χ3n) is 1.39. The van der Waals surface area contributed by atoms with Gasteiger partial charge in [0.2, 0.25) is 0 Å². The number of rotatable bonds is 6. The van der Waals surface area contributed by atoms with Gasteiger partial charge in [-0.1, -0.05) is 23.8 Å². The standard InChI is InChI=1S/C3H19P10/c1-2-3-13(7,8)12(10-5)11(6)9-4/h9-10H,2-8H2,1H3/q+1. The SMILES string of the molecule is CCC[P+](P)(P)P(PP)P(P)PP. The van der Waals surface area contributed by atoms with Crippen LogP contribution in [0.1, 0.15) is 13.3 Å². The topological polar surface area (TPSA) is 0 Å². The molecular weight excluding hydrogens is 346 g/mol. The molecule has 0 aromatic rings. The summed E-state index contributed by atoms with van der Waals surface area (Å²) in [5.74, 6) is 0. The zero-order valence-electron chi connectivity index (χ0n) is 7.64. The van der Waals surface area contributed by atoms with Crippen LogP contribution in [0.2, 0.25) is 0 Å². The summed E-state index contributed by atoms with van der Waals surface area (Å²) >= 11 is 0. The maximum atomic E-state index is 3.19. The molecule has 0 aromatic heterocycles. The smallest absolute Gasteiger partial charge is 0.109 e.